The van der Waals surface area contributed by atoms with Crippen LogP contribution >= 0.6 is 0 Å². The maximum atomic E-state index is 10.9. The highest BCUT2D eigenvalue weighted by molar-refractivity contribution is 5.48. The molecule has 1 atom stereocenters. The molecule has 1 aliphatic heterocycles. The molecular weight excluding hydrogens is 248 g/mol. The van der Waals surface area contributed by atoms with Crippen LogP contribution < -0.4 is 10.5 Å². The fraction of sp³-hybridized carbons (Fsp3) is 0.538. The van der Waals surface area contributed by atoms with Crippen molar-refractivity contribution >= 4 is 5.69 Å². The van der Waals surface area contributed by atoms with E-state index in [4.69, 9.17) is 15.2 Å². The first-order chi connectivity index (χ1) is 9.20. The van der Waals surface area contributed by atoms with Crippen molar-refractivity contribution in [2.45, 2.75) is 31.9 Å². The molecule has 0 bridgehead atoms. The second-order valence-electron chi connectivity index (χ2n) is 4.56. The van der Waals surface area contributed by atoms with Crippen molar-refractivity contribution in [1.82, 2.24) is 0 Å². The average molecular weight is 266 g/mol. The van der Waals surface area contributed by atoms with Crippen molar-refractivity contribution in [3.63, 3.8) is 0 Å². The number of hydrogen-bond donors (Lipinski definition) is 1. The third-order valence-corrected chi connectivity index (χ3v) is 3.16. The Hall–Kier alpha value is -1.66. The quantitative estimate of drug-likeness (QED) is 0.650. The molecule has 2 N–H and O–H groups in total. The zero-order valence-electron chi connectivity index (χ0n) is 10.7. The third kappa shape index (κ3) is 3.65. The second-order valence-corrected chi connectivity index (χ2v) is 4.56. The molecule has 0 saturated carbocycles. The molecule has 1 fully saturated rings. The molecule has 1 aromatic rings. The van der Waals surface area contributed by atoms with Gasteiger partial charge in [0.2, 0.25) is 0 Å². The molecule has 6 heteroatoms. The molecule has 0 radical (unpaired) electrons. The van der Waals surface area contributed by atoms with E-state index in [0.29, 0.717) is 13.2 Å². The van der Waals surface area contributed by atoms with Crippen molar-refractivity contribution < 1.29 is 14.4 Å². The topological polar surface area (TPSA) is 87.6 Å². The van der Waals surface area contributed by atoms with Gasteiger partial charge in [-0.2, -0.15) is 0 Å². The summed E-state index contributed by atoms with van der Waals surface area (Å²) < 4.78 is 11.1. The number of ether oxygens (including phenoxy) is 2. The molecule has 0 aliphatic carbocycles. The molecule has 0 amide bonds. The highest BCUT2D eigenvalue weighted by Crippen LogP contribution is 2.28. The van der Waals surface area contributed by atoms with E-state index in [2.05, 4.69) is 0 Å². The van der Waals surface area contributed by atoms with Gasteiger partial charge in [-0.3, -0.25) is 10.1 Å². The Morgan fingerprint density at radius 3 is 2.95 bits per heavy atom. The van der Waals surface area contributed by atoms with Crippen LogP contribution in [0.25, 0.3) is 0 Å². The van der Waals surface area contributed by atoms with Crippen LogP contribution in [-0.2, 0) is 11.3 Å². The highest BCUT2D eigenvalue weighted by atomic mass is 16.6. The van der Waals surface area contributed by atoms with Gasteiger partial charge in [-0.15, -0.1) is 0 Å². The Labute approximate surface area is 111 Å². The van der Waals surface area contributed by atoms with Crippen LogP contribution in [0, 0.1) is 10.1 Å². The van der Waals surface area contributed by atoms with Crippen molar-refractivity contribution in [2.75, 3.05) is 13.2 Å². The summed E-state index contributed by atoms with van der Waals surface area (Å²) in [6, 6.07) is 4.70. The van der Waals surface area contributed by atoms with Gasteiger partial charge in [0, 0.05) is 19.2 Å². The summed E-state index contributed by atoms with van der Waals surface area (Å²) in [6.45, 7) is 1.40. The zero-order valence-corrected chi connectivity index (χ0v) is 10.7. The number of nitro benzene ring substituents is 1. The smallest absolute Gasteiger partial charge is 0.310 e. The van der Waals surface area contributed by atoms with Crippen molar-refractivity contribution in [2.24, 2.45) is 5.73 Å². The summed E-state index contributed by atoms with van der Waals surface area (Å²) in [5.41, 5.74) is 6.31. The van der Waals surface area contributed by atoms with E-state index in [-0.39, 0.29) is 17.5 Å². The monoisotopic (exact) mass is 266 g/mol. The van der Waals surface area contributed by atoms with E-state index in [9.17, 15) is 10.1 Å². The first-order valence-electron chi connectivity index (χ1n) is 6.42. The SMILES string of the molecule is NCc1ccc([N+](=O)[O-])c(OCC2CCCCO2)c1. The molecule has 2 rings (SSSR count). The number of nitro groups is 1. The first-order valence-corrected chi connectivity index (χ1v) is 6.42. The average Bonchev–Trinajstić information content (AvgIpc) is 2.45. The number of benzene rings is 1. The molecule has 6 nitrogen and oxygen atoms in total. The highest BCUT2D eigenvalue weighted by Gasteiger charge is 2.19. The predicted octanol–water partition coefficient (Wildman–Crippen LogP) is 2.00. The Bertz CT molecular complexity index is 444. The van der Waals surface area contributed by atoms with Crippen LogP contribution in [0.4, 0.5) is 5.69 Å². The number of rotatable bonds is 5. The van der Waals surface area contributed by atoms with Crippen molar-refractivity contribution in [3.8, 4) is 5.75 Å². The van der Waals surface area contributed by atoms with E-state index >= 15 is 0 Å². The lowest BCUT2D eigenvalue weighted by Crippen LogP contribution is -2.26. The van der Waals surface area contributed by atoms with E-state index in [1.807, 2.05) is 0 Å². The van der Waals surface area contributed by atoms with Crippen LogP contribution in [0.15, 0.2) is 18.2 Å². The van der Waals surface area contributed by atoms with Crippen LogP contribution in [0.2, 0.25) is 0 Å². The largest absolute Gasteiger partial charge is 0.484 e. The maximum absolute atomic E-state index is 10.9. The summed E-state index contributed by atoms with van der Waals surface area (Å²) in [5.74, 6) is 0.266. The van der Waals surface area contributed by atoms with E-state index in [1.54, 1.807) is 12.1 Å². The van der Waals surface area contributed by atoms with Gasteiger partial charge in [-0.1, -0.05) is 6.07 Å². The van der Waals surface area contributed by atoms with Crippen LogP contribution in [0.5, 0.6) is 5.75 Å². The lowest BCUT2D eigenvalue weighted by atomic mass is 10.1. The van der Waals surface area contributed by atoms with E-state index in [1.165, 1.54) is 6.07 Å². The van der Waals surface area contributed by atoms with Crippen LogP contribution in [-0.4, -0.2) is 24.2 Å². The normalized spacial score (nSPS) is 19.1. The van der Waals surface area contributed by atoms with E-state index in [0.717, 1.165) is 31.4 Å². The van der Waals surface area contributed by atoms with Crippen LogP contribution in [0.3, 0.4) is 0 Å². The molecule has 1 heterocycles. The predicted molar refractivity (Wildman–Crippen MR) is 70.1 cm³/mol. The molecule has 104 valence electrons. The maximum Gasteiger partial charge on any atom is 0.310 e. The van der Waals surface area contributed by atoms with Gasteiger partial charge in [0.25, 0.3) is 0 Å². The first kappa shape index (κ1) is 13.8. The second kappa shape index (κ2) is 6.49. The minimum absolute atomic E-state index is 0.0230. The summed E-state index contributed by atoms with van der Waals surface area (Å²) >= 11 is 0. The van der Waals surface area contributed by atoms with Crippen LogP contribution in [0.1, 0.15) is 24.8 Å². The molecule has 1 saturated heterocycles. The molecule has 0 aromatic heterocycles. The van der Waals surface area contributed by atoms with Gasteiger partial charge in [0.15, 0.2) is 5.75 Å². The minimum Gasteiger partial charge on any atom is -0.484 e. The molecule has 1 aliphatic rings. The Kier molecular flexibility index (Phi) is 4.70. The Balaban J connectivity index is 2.06. The fourth-order valence-electron chi connectivity index (χ4n) is 2.07. The van der Waals surface area contributed by atoms with Gasteiger partial charge in [0.1, 0.15) is 6.61 Å². The van der Waals surface area contributed by atoms with E-state index < -0.39 is 4.92 Å². The Morgan fingerprint density at radius 1 is 1.47 bits per heavy atom. The fourth-order valence-corrected chi connectivity index (χ4v) is 2.07. The van der Waals surface area contributed by atoms with Gasteiger partial charge < -0.3 is 15.2 Å². The number of hydrogen-bond acceptors (Lipinski definition) is 5. The number of nitrogens with two attached hydrogens (primary N) is 1. The minimum atomic E-state index is -0.447. The number of nitrogens with zero attached hydrogens (tertiary/aromatic N) is 1. The zero-order chi connectivity index (χ0) is 13.7. The molecule has 1 aromatic carbocycles. The Morgan fingerprint density at radius 2 is 2.32 bits per heavy atom. The molecule has 1 unspecified atom stereocenters. The van der Waals surface area contributed by atoms with Crippen molar-refractivity contribution in [1.29, 1.82) is 0 Å². The molecular formula is C13H18N2O4. The molecule has 0 spiro atoms. The standard InChI is InChI=1S/C13H18N2O4/c14-8-10-4-5-12(15(16)17)13(7-10)19-9-11-3-1-2-6-18-11/h4-5,7,11H,1-3,6,8-9,14H2. The molecule has 19 heavy (non-hydrogen) atoms. The summed E-state index contributed by atoms with van der Waals surface area (Å²) in [4.78, 5) is 10.5. The summed E-state index contributed by atoms with van der Waals surface area (Å²) in [5, 5.41) is 10.9. The lowest BCUT2D eigenvalue weighted by molar-refractivity contribution is -0.386. The summed E-state index contributed by atoms with van der Waals surface area (Å²) in [7, 11) is 0. The van der Waals surface area contributed by atoms with Gasteiger partial charge in [-0.25, -0.2) is 0 Å². The van der Waals surface area contributed by atoms with Gasteiger partial charge in [0.05, 0.1) is 11.0 Å². The third-order valence-electron chi connectivity index (χ3n) is 3.16. The lowest BCUT2D eigenvalue weighted by Gasteiger charge is -2.22. The van der Waals surface area contributed by atoms with Gasteiger partial charge >= 0.3 is 5.69 Å². The summed E-state index contributed by atoms with van der Waals surface area (Å²) in [6.07, 6.45) is 3.14. The van der Waals surface area contributed by atoms with Gasteiger partial charge in [-0.05, 0) is 30.9 Å². The van der Waals surface area contributed by atoms with Crippen molar-refractivity contribution in [3.05, 3.63) is 33.9 Å².